The molecule has 0 spiro atoms. The van der Waals surface area contributed by atoms with E-state index in [9.17, 15) is 0 Å². The molecule has 1 aromatic heterocycles. The van der Waals surface area contributed by atoms with E-state index in [0.717, 1.165) is 37.1 Å². The summed E-state index contributed by atoms with van der Waals surface area (Å²) in [6.07, 6.45) is 7.76. The molecule has 1 aliphatic rings. The lowest BCUT2D eigenvalue weighted by Gasteiger charge is -2.25. The van der Waals surface area contributed by atoms with Crippen LogP contribution in [0.4, 0.5) is 0 Å². The second-order valence-corrected chi connectivity index (χ2v) is 6.11. The molecule has 118 valence electrons. The monoisotopic (exact) mass is 292 g/mol. The Hall–Kier alpha value is -1.13. The Kier molecular flexibility index (Phi) is 6.00. The van der Waals surface area contributed by atoms with Crippen LogP contribution in [0.2, 0.25) is 0 Å². The molecule has 1 fully saturated rings. The van der Waals surface area contributed by atoms with Crippen molar-refractivity contribution in [3.05, 3.63) is 24.0 Å². The Labute approximate surface area is 128 Å². The molecule has 0 bridgehead atoms. The van der Waals surface area contributed by atoms with Crippen LogP contribution in [0.1, 0.15) is 58.6 Å². The van der Waals surface area contributed by atoms with E-state index in [1.807, 2.05) is 20.0 Å². The van der Waals surface area contributed by atoms with Crippen molar-refractivity contribution in [3.63, 3.8) is 0 Å². The minimum absolute atomic E-state index is 0.159. The van der Waals surface area contributed by atoms with Crippen molar-refractivity contribution < 1.29 is 9.47 Å². The molecular formula is C17H28N2O2. The van der Waals surface area contributed by atoms with Crippen LogP contribution in [0.3, 0.4) is 0 Å². The van der Waals surface area contributed by atoms with Crippen molar-refractivity contribution in [1.29, 1.82) is 0 Å². The van der Waals surface area contributed by atoms with E-state index in [4.69, 9.17) is 9.47 Å². The summed E-state index contributed by atoms with van der Waals surface area (Å²) in [5, 5.41) is 3.61. The second kappa shape index (κ2) is 7.76. The Morgan fingerprint density at radius 1 is 1.38 bits per heavy atom. The quantitative estimate of drug-likeness (QED) is 0.835. The van der Waals surface area contributed by atoms with Gasteiger partial charge in [-0.05, 0) is 58.2 Å². The summed E-state index contributed by atoms with van der Waals surface area (Å²) in [5.41, 5.74) is 1.15. The van der Waals surface area contributed by atoms with Gasteiger partial charge in [-0.2, -0.15) is 0 Å². The number of nitrogens with one attached hydrogen (secondary N) is 1. The molecule has 1 saturated heterocycles. The fourth-order valence-electron chi connectivity index (χ4n) is 2.78. The lowest BCUT2D eigenvalue weighted by molar-refractivity contribution is 0.0315. The maximum Gasteiger partial charge on any atom is 0.138 e. The van der Waals surface area contributed by atoms with Gasteiger partial charge in [-0.15, -0.1) is 0 Å². The summed E-state index contributed by atoms with van der Waals surface area (Å²) in [4.78, 5) is 4.34. The van der Waals surface area contributed by atoms with Crippen molar-refractivity contribution >= 4 is 0 Å². The topological polar surface area (TPSA) is 43.4 Å². The number of rotatable bonds is 7. The summed E-state index contributed by atoms with van der Waals surface area (Å²) in [7, 11) is 0. The fraction of sp³-hybridized carbons (Fsp3) is 0.706. The molecule has 3 unspecified atom stereocenters. The molecule has 4 heteroatoms. The minimum atomic E-state index is 0.159. The predicted octanol–water partition coefficient (Wildman–Crippen LogP) is 3.48. The normalized spacial score (nSPS) is 23.5. The average Bonchev–Trinajstić information content (AvgIpc) is 2.85. The average molecular weight is 292 g/mol. The Bertz CT molecular complexity index is 437. The van der Waals surface area contributed by atoms with Gasteiger partial charge in [-0.25, -0.2) is 0 Å². The van der Waals surface area contributed by atoms with E-state index in [1.165, 1.54) is 0 Å². The first-order chi connectivity index (χ1) is 10.1. The molecule has 1 aromatic rings. The summed E-state index contributed by atoms with van der Waals surface area (Å²) < 4.78 is 11.8. The van der Waals surface area contributed by atoms with Crippen molar-refractivity contribution in [2.45, 2.75) is 71.3 Å². The summed E-state index contributed by atoms with van der Waals surface area (Å²) in [6, 6.07) is 2.28. The highest BCUT2D eigenvalue weighted by Crippen LogP contribution is 2.31. The molecule has 0 radical (unpaired) electrons. The van der Waals surface area contributed by atoms with E-state index in [2.05, 4.69) is 30.2 Å². The number of ether oxygens (including phenoxy) is 2. The maximum atomic E-state index is 6.06. The van der Waals surface area contributed by atoms with Gasteiger partial charge in [0.15, 0.2) is 0 Å². The Morgan fingerprint density at radius 2 is 2.19 bits per heavy atom. The number of aromatic nitrogens is 1. The fourth-order valence-corrected chi connectivity index (χ4v) is 2.78. The van der Waals surface area contributed by atoms with Crippen LogP contribution in [-0.2, 0) is 4.74 Å². The van der Waals surface area contributed by atoms with Crippen LogP contribution < -0.4 is 10.1 Å². The smallest absolute Gasteiger partial charge is 0.138 e. The molecule has 0 aromatic carbocycles. The van der Waals surface area contributed by atoms with Crippen LogP contribution in [-0.4, -0.2) is 29.8 Å². The third-order valence-electron chi connectivity index (χ3n) is 3.72. The van der Waals surface area contributed by atoms with Crippen LogP contribution in [0, 0.1) is 0 Å². The zero-order valence-corrected chi connectivity index (χ0v) is 13.6. The van der Waals surface area contributed by atoms with Gasteiger partial charge < -0.3 is 14.8 Å². The molecular weight excluding hydrogens is 264 g/mol. The first kappa shape index (κ1) is 16.2. The molecule has 21 heavy (non-hydrogen) atoms. The van der Waals surface area contributed by atoms with Gasteiger partial charge in [0.2, 0.25) is 0 Å². The first-order valence-corrected chi connectivity index (χ1v) is 8.10. The Balaban J connectivity index is 2.15. The molecule has 1 aliphatic heterocycles. The second-order valence-electron chi connectivity index (χ2n) is 6.11. The highest BCUT2D eigenvalue weighted by atomic mass is 16.5. The predicted molar refractivity (Wildman–Crippen MR) is 84.6 cm³/mol. The van der Waals surface area contributed by atoms with Gasteiger partial charge in [0.1, 0.15) is 5.75 Å². The summed E-state index contributed by atoms with van der Waals surface area (Å²) in [5.74, 6) is 0.830. The highest BCUT2D eigenvalue weighted by molar-refractivity contribution is 5.27. The third-order valence-corrected chi connectivity index (χ3v) is 3.72. The lowest BCUT2D eigenvalue weighted by atomic mass is 10.0. The van der Waals surface area contributed by atoms with Gasteiger partial charge in [-0.3, -0.25) is 4.98 Å². The summed E-state index contributed by atoms with van der Waals surface area (Å²) in [6.45, 7) is 9.36. The molecule has 2 heterocycles. The standard InChI is InChI=1S/C17H28N2O2/c1-5-8-19-17(16-7-6-13(4)21-16)14-9-15(11-18-10-14)20-12(2)3/h9-13,16-17,19H,5-8H2,1-4H3. The van der Waals surface area contributed by atoms with Crippen molar-refractivity contribution in [2.24, 2.45) is 0 Å². The lowest BCUT2D eigenvalue weighted by Crippen LogP contribution is -2.32. The number of nitrogens with zero attached hydrogens (tertiary/aromatic N) is 1. The van der Waals surface area contributed by atoms with Gasteiger partial charge >= 0.3 is 0 Å². The van der Waals surface area contributed by atoms with E-state index in [1.54, 1.807) is 6.20 Å². The van der Waals surface area contributed by atoms with E-state index >= 15 is 0 Å². The van der Waals surface area contributed by atoms with Crippen molar-refractivity contribution in [1.82, 2.24) is 10.3 Å². The maximum absolute atomic E-state index is 6.06. The van der Waals surface area contributed by atoms with Gasteiger partial charge in [0, 0.05) is 6.20 Å². The van der Waals surface area contributed by atoms with Crippen molar-refractivity contribution in [3.8, 4) is 5.75 Å². The SMILES string of the molecule is CCCNC(c1cncc(OC(C)C)c1)C1CCC(C)O1. The Morgan fingerprint density at radius 3 is 2.81 bits per heavy atom. The number of pyridine rings is 1. The number of hydrogen-bond acceptors (Lipinski definition) is 4. The zero-order valence-electron chi connectivity index (χ0n) is 13.6. The van der Waals surface area contributed by atoms with Crippen LogP contribution >= 0.6 is 0 Å². The molecule has 0 saturated carbocycles. The molecule has 0 amide bonds. The van der Waals surface area contributed by atoms with Gasteiger partial charge in [0.25, 0.3) is 0 Å². The van der Waals surface area contributed by atoms with Gasteiger partial charge in [-0.1, -0.05) is 6.92 Å². The molecule has 1 N–H and O–H groups in total. The molecule has 4 nitrogen and oxygen atoms in total. The highest BCUT2D eigenvalue weighted by Gasteiger charge is 2.30. The van der Waals surface area contributed by atoms with Crippen LogP contribution in [0.15, 0.2) is 18.5 Å². The molecule has 3 atom stereocenters. The third kappa shape index (κ3) is 4.68. The largest absolute Gasteiger partial charge is 0.489 e. The van der Waals surface area contributed by atoms with E-state index in [-0.39, 0.29) is 18.2 Å². The summed E-state index contributed by atoms with van der Waals surface area (Å²) >= 11 is 0. The number of hydrogen-bond donors (Lipinski definition) is 1. The molecule has 2 rings (SSSR count). The van der Waals surface area contributed by atoms with Crippen LogP contribution in [0.5, 0.6) is 5.75 Å². The van der Waals surface area contributed by atoms with E-state index in [0.29, 0.717) is 6.10 Å². The van der Waals surface area contributed by atoms with E-state index < -0.39 is 0 Å². The van der Waals surface area contributed by atoms with Crippen LogP contribution in [0.25, 0.3) is 0 Å². The first-order valence-electron chi connectivity index (χ1n) is 8.10. The zero-order chi connectivity index (χ0) is 15.2. The van der Waals surface area contributed by atoms with Gasteiger partial charge in [0.05, 0.1) is 30.6 Å². The van der Waals surface area contributed by atoms with Crippen molar-refractivity contribution in [2.75, 3.05) is 6.54 Å². The minimum Gasteiger partial charge on any atom is -0.489 e. The molecule has 0 aliphatic carbocycles.